The smallest absolute Gasteiger partial charge is 0.121 e. The van der Waals surface area contributed by atoms with Gasteiger partial charge in [-0.3, -0.25) is 0 Å². The quantitative estimate of drug-likeness (QED) is 0.857. The molecule has 0 amide bonds. The van der Waals surface area contributed by atoms with Gasteiger partial charge in [-0.05, 0) is 45.4 Å². The number of imidazole rings is 1. The lowest BCUT2D eigenvalue weighted by atomic mass is 10.00. The van der Waals surface area contributed by atoms with E-state index in [0.717, 1.165) is 28.3 Å². The van der Waals surface area contributed by atoms with Gasteiger partial charge in [0.2, 0.25) is 0 Å². The van der Waals surface area contributed by atoms with Gasteiger partial charge < -0.3 is 15.0 Å². The van der Waals surface area contributed by atoms with Crippen molar-refractivity contribution in [3.63, 3.8) is 0 Å². The van der Waals surface area contributed by atoms with Gasteiger partial charge in [0.1, 0.15) is 5.82 Å². The number of aromatic amines is 1. The van der Waals surface area contributed by atoms with Crippen LogP contribution in [0.15, 0.2) is 18.2 Å². The molecule has 0 radical (unpaired) electrons. The number of fused-ring (bicyclic) bond motifs is 1. The van der Waals surface area contributed by atoms with Crippen molar-refractivity contribution in [2.24, 2.45) is 0 Å². The summed E-state index contributed by atoms with van der Waals surface area (Å²) in [7, 11) is 1.75. The fourth-order valence-electron chi connectivity index (χ4n) is 2.28. The fraction of sp³-hybridized carbons (Fsp3) is 0.533. The second kappa shape index (κ2) is 6.12. The summed E-state index contributed by atoms with van der Waals surface area (Å²) in [5, 5.41) is 4.18. The number of hydrogen-bond donors (Lipinski definition) is 2. The summed E-state index contributed by atoms with van der Waals surface area (Å²) in [5.41, 5.74) is 1.80. The molecule has 1 heterocycles. The summed E-state index contributed by atoms with van der Waals surface area (Å²) in [6, 6.07) is 6.02. The van der Waals surface area contributed by atoms with Gasteiger partial charge in [0, 0.05) is 18.2 Å². The maximum atomic E-state index is 5.97. The minimum absolute atomic E-state index is 0.117. The molecular weight excluding hydrogens is 274 g/mol. The van der Waals surface area contributed by atoms with Gasteiger partial charge >= 0.3 is 0 Å². The molecule has 1 aromatic carbocycles. The Labute approximate surface area is 124 Å². The lowest BCUT2D eigenvalue weighted by Crippen LogP contribution is -2.35. The van der Waals surface area contributed by atoms with Crippen molar-refractivity contribution in [2.45, 2.75) is 45.4 Å². The number of ether oxygens (including phenoxy) is 1. The van der Waals surface area contributed by atoms with Gasteiger partial charge in [0.25, 0.3) is 0 Å². The van der Waals surface area contributed by atoms with E-state index in [2.05, 4.69) is 36.1 Å². The average molecular weight is 296 g/mol. The Hall–Kier alpha value is -1.10. The highest BCUT2D eigenvalue weighted by atomic mass is 35.5. The van der Waals surface area contributed by atoms with Gasteiger partial charge in [0.15, 0.2) is 0 Å². The Morgan fingerprint density at radius 1 is 1.45 bits per heavy atom. The van der Waals surface area contributed by atoms with Crippen molar-refractivity contribution < 1.29 is 4.74 Å². The molecule has 0 aliphatic rings. The Balaban J connectivity index is 1.95. The lowest BCUT2D eigenvalue weighted by Gasteiger charge is -2.26. The number of halogens is 1. The number of nitrogens with one attached hydrogen (secondary N) is 2. The second-order valence-corrected chi connectivity index (χ2v) is 6.23. The normalized spacial score (nSPS) is 13.8. The molecule has 1 atom stereocenters. The summed E-state index contributed by atoms with van der Waals surface area (Å²) in [5.74, 6) is 0.921. The molecule has 0 aliphatic carbocycles. The molecule has 0 unspecified atom stereocenters. The van der Waals surface area contributed by atoms with Crippen molar-refractivity contribution >= 4 is 22.6 Å². The van der Waals surface area contributed by atoms with E-state index >= 15 is 0 Å². The summed E-state index contributed by atoms with van der Waals surface area (Å²) in [6.07, 6.45) is 0.940. The van der Waals surface area contributed by atoms with Gasteiger partial charge in [-0.1, -0.05) is 11.6 Å². The zero-order valence-corrected chi connectivity index (χ0v) is 13.2. The van der Waals surface area contributed by atoms with Crippen LogP contribution in [0.25, 0.3) is 11.0 Å². The third kappa shape index (κ3) is 3.95. The number of rotatable bonds is 6. The van der Waals surface area contributed by atoms with Crippen LogP contribution < -0.4 is 5.32 Å². The standard InChI is InChI=1S/C15H22ClN3O/c1-10(8-15(2,3)20-4)17-9-14-18-12-6-5-11(16)7-13(12)19-14/h5-7,10,17H,8-9H2,1-4H3,(H,18,19)/t10-/m1/s1. The Morgan fingerprint density at radius 2 is 2.20 bits per heavy atom. The first kappa shape index (κ1) is 15.3. The highest BCUT2D eigenvalue weighted by Crippen LogP contribution is 2.18. The molecule has 0 saturated carbocycles. The van der Waals surface area contributed by atoms with Crippen LogP contribution in [-0.2, 0) is 11.3 Å². The first-order valence-corrected chi connectivity index (χ1v) is 7.20. The molecule has 0 spiro atoms. The molecule has 2 N–H and O–H groups in total. The van der Waals surface area contributed by atoms with Crippen LogP contribution in [0.2, 0.25) is 5.02 Å². The van der Waals surface area contributed by atoms with Crippen molar-refractivity contribution in [3.8, 4) is 0 Å². The summed E-state index contributed by atoms with van der Waals surface area (Å²) in [4.78, 5) is 7.81. The number of benzene rings is 1. The molecule has 0 fully saturated rings. The molecule has 4 nitrogen and oxygen atoms in total. The highest BCUT2D eigenvalue weighted by molar-refractivity contribution is 6.31. The number of hydrogen-bond acceptors (Lipinski definition) is 3. The van der Waals surface area contributed by atoms with Crippen LogP contribution in [-0.4, -0.2) is 28.7 Å². The molecule has 0 saturated heterocycles. The predicted molar refractivity (Wildman–Crippen MR) is 83.1 cm³/mol. The number of methoxy groups -OCH3 is 1. The molecule has 2 rings (SSSR count). The first-order valence-electron chi connectivity index (χ1n) is 6.82. The van der Waals surface area contributed by atoms with E-state index in [9.17, 15) is 0 Å². The number of nitrogens with zero attached hydrogens (tertiary/aromatic N) is 1. The van der Waals surface area contributed by atoms with Crippen LogP contribution in [0.4, 0.5) is 0 Å². The van der Waals surface area contributed by atoms with E-state index in [1.54, 1.807) is 7.11 Å². The van der Waals surface area contributed by atoms with Gasteiger partial charge in [0.05, 0.1) is 23.2 Å². The maximum absolute atomic E-state index is 5.97. The van der Waals surface area contributed by atoms with Gasteiger partial charge in [-0.15, -0.1) is 0 Å². The minimum Gasteiger partial charge on any atom is -0.379 e. The zero-order chi connectivity index (χ0) is 14.8. The second-order valence-electron chi connectivity index (χ2n) is 5.79. The van der Waals surface area contributed by atoms with Gasteiger partial charge in [-0.25, -0.2) is 4.98 Å². The predicted octanol–water partition coefficient (Wildman–Crippen LogP) is 3.51. The van der Waals surface area contributed by atoms with Crippen LogP contribution in [0, 0.1) is 0 Å². The first-order chi connectivity index (χ1) is 9.39. The maximum Gasteiger partial charge on any atom is 0.121 e. The van der Waals surface area contributed by atoms with E-state index in [0.29, 0.717) is 12.6 Å². The molecule has 20 heavy (non-hydrogen) atoms. The fourth-order valence-corrected chi connectivity index (χ4v) is 2.45. The Bertz CT molecular complexity index is 580. The SMILES string of the molecule is COC(C)(C)C[C@@H](C)NCc1nc2ccc(Cl)cc2[nH]1. The van der Waals surface area contributed by atoms with Crippen LogP contribution in [0.3, 0.4) is 0 Å². The van der Waals surface area contributed by atoms with E-state index in [-0.39, 0.29) is 5.60 Å². The van der Waals surface area contributed by atoms with E-state index in [1.165, 1.54) is 0 Å². The molecule has 5 heteroatoms. The third-order valence-electron chi connectivity index (χ3n) is 3.46. The van der Waals surface area contributed by atoms with Crippen molar-refractivity contribution in [1.82, 2.24) is 15.3 Å². The monoisotopic (exact) mass is 295 g/mol. The summed E-state index contributed by atoms with van der Waals surface area (Å²) < 4.78 is 5.44. The minimum atomic E-state index is -0.117. The molecular formula is C15H22ClN3O. The van der Waals surface area contributed by atoms with Crippen molar-refractivity contribution in [2.75, 3.05) is 7.11 Å². The molecule has 110 valence electrons. The van der Waals surface area contributed by atoms with E-state index in [4.69, 9.17) is 16.3 Å². The van der Waals surface area contributed by atoms with Crippen LogP contribution >= 0.6 is 11.6 Å². The van der Waals surface area contributed by atoms with Gasteiger partial charge in [-0.2, -0.15) is 0 Å². The number of H-pyrrole nitrogens is 1. The average Bonchev–Trinajstić information content (AvgIpc) is 2.78. The lowest BCUT2D eigenvalue weighted by molar-refractivity contribution is 0.00840. The van der Waals surface area contributed by atoms with E-state index in [1.807, 2.05) is 18.2 Å². The topological polar surface area (TPSA) is 49.9 Å². The molecule has 0 bridgehead atoms. The zero-order valence-electron chi connectivity index (χ0n) is 12.5. The van der Waals surface area contributed by atoms with E-state index < -0.39 is 0 Å². The number of aromatic nitrogens is 2. The molecule has 1 aromatic heterocycles. The Morgan fingerprint density at radius 3 is 2.90 bits per heavy atom. The summed E-state index contributed by atoms with van der Waals surface area (Å²) >= 11 is 5.97. The van der Waals surface area contributed by atoms with Crippen molar-refractivity contribution in [1.29, 1.82) is 0 Å². The largest absolute Gasteiger partial charge is 0.379 e. The molecule has 2 aromatic rings. The van der Waals surface area contributed by atoms with Crippen LogP contribution in [0.5, 0.6) is 0 Å². The van der Waals surface area contributed by atoms with Crippen LogP contribution in [0.1, 0.15) is 33.0 Å². The summed E-state index contributed by atoms with van der Waals surface area (Å²) in [6.45, 7) is 7.04. The Kier molecular flexibility index (Phi) is 4.68. The van der Waals surface area contributed by atoms with Crippen molar-refractivity contribution in [3.05, 3.63) is 29.0 Å². The molecule has 0 aliphatic heterocycles. The third-order valence-corrected chi connectivity index (χ3v) is 3.70. The highest BCUT2D eigenvalue weighted by Gasteiger charge is 2.19.